The Labute approximate surface area is 354 Å². The van der Waals surface area contributed by atoms with Gasteiger partial charge in [-0.1, -0.05) is 165 Å². The van der Waals surface area contributed by atoms with Gasteiger partial charge >= 0.3 is 0 Å². The van der Waals surface area contributed by atoms with Crippen LogP contribution < -0.4 is 4.74 Å². The van der Waals surface area contributed by atoms with Crippen LogP contribution in [0, 0.1) is 0 Å². The first kappa shape index (κ1) is 42.4. The zero-order chi connectivity index (χ0) is 43.4. The van der Waals surface area contributed by atoms with E-state index < -0.39 is 0 Å². The zero-order valence-corrected chi connectivity index (χ0v) is 38.6. The van der Waals surface area contributed by atoms with E-state index in [0.717, 1.165) is 90.2 Å². The molecule has 2 aliphatic rings. The fourth-order valence-electron chi connectivity index (χ4n) is 8.68. The number of phenols is 3. The van der Waals surface area contributed by atoms with Crippen molar-refractivity contribution >= 4 is 0 Å². The van der Waals surface area contributed by atoms with Gasteiger partial charge in [-0.3, -0.25) is 0 Å². The smallest absolute Gasteiger partial charge is 0.134 e. The highest BCUT2D eigenvalue weighted by Crippen LogP contribution is 2.48. The summed E-state index contributed by atoms with van der Waals surface area (Å²) in [5.41, 5.74) is 14.2. The quantitative estimate of drug-likeness (QED) is 0.143. The van der Waals surface area contributed by atoms with Crippen molar-refractivity contribution in [1.82, 2.24) is 0 Å². The van der Waals surface area contributed by atoms with Gasteiger partial charge in [-0.15, -0.1) is 0 Å². The van der Waals surface area contributed by atoms with Gasteiger partial charge in [0.05, 0.1) is 0 Å². The number of benzene rings is 5. The van der Waals surface area contributed by atoms with Gasteiger partial charge in [0, 0.05) is 32.1 Å². The van der Waals surface area contributed by atoms with Gasteiger partial charge in [-0.05, 0) is 111 Å². The molecule has 4 nitrogen and oxygen atoms in total. The molecule has 7 rings (SSSR count). The SMILES string of the molecule is CC(C)(C)c1cc2c(O)c(c1)Cc1cc(C(C)(C)C)cc(c1O)Cc1cc(C(C)(C)C)cc3c1Oc1c(cc(C(C)(C)C)cc1C3)Cc1cc(C(C)(C)C)cc(c1O)C2. The Morgan fingerprint density at radius 2 is 0.441 bits per heavy atom. The summed E-state index contributed by atoms with van der Waals surface area (Å²) in [5, 5.41) is 37.0. The summed E-state index contributed by atoms with van der Waals surface area (Å²) in [6, 6.07) is 22.0. The Morgan fingerprint density at radius 1 is 0.288 bits per heavy atom. The third kappa shape index (κ3) is 8.39. The Hall–Kier alpha value is -4.70. The molecule has 0 unspecified atom stereocenters. The third-order valence-corrected chi connectivity index (χ3v) is 12.7. The molecule has 0 saturated heterocycles. The van der Waals surface area contributed by atoms with E-state index in [1.165, 1.54) is 11.1 Å². The lowest BCUT2D eigenvalue weighted by atomic mass is 9.78. The van der Waals surface area contributed by atoms with E-state index in [9.17, 15) is 15.3 Å². The Kier molecular flexibility index (Phi) is 10.2. The standard InChI is InChI=1S/C55H68O4/c1-51(2,3)41-21-31-16-33-23-42(52(4,5)6)25-35(47(33)57)18-37-27-44(54(10,11)12)29-39-20-40-30-45(55(13,14)15)28-38(50(40)59-49(37)39)19-36-26-43(53(7,8)9)24-34(48(36)58)17-32(22-41)46(31)56/h21-30,56-58H,16-20H2,1-15H3. The minimum atomic E-state index is -0.207. The van der Waals surface area contributed by atoms with Crippen LogP contribution in [0.3, 0.4) is 0 Å². The molecule has 0 radical (unpaired) electrons. The van der Waals surface area contributed by atoms with Crippen LogP contribution in [0.1, 0.15) is 187 Å². The zero-order valence-electron chi connectivity index (χ0n) is 38.6. The van der Waals surface area contributed by atoms with Crippen LogP contribution in [0.2, 0.25) is 0 Å². The molecule has 5 aromatic carbocycles. The number of ether oxygens (including phenoxy) is 1. The van der Waals surface area contributed by atoms with E-state index >= 15 is 0 Å². The molecule has 0 saturated carbocycles. The van der Waals surface area contributed by atoms with E-state index in [-0.39, 0.29) is 44.3 Å². The summed E-state index contributed by atoms with van der Waals surface area (Å²) in [6.45, 7) is 33.4. The van der Waals surface area contributed by atoms with Crippen molar-refractivity contribution < 1.29 is 20.1 Å². The number of hydrogen-bond donors (Lipinski definition) is 3. The Morgan fingerprint density at radius 3 is 0.627 bits per heavy atom. The molecular formula is C55H68O4. The van der Waals surface area contributed by atoms with Crippen LogP contribution in [-0.2, 0) is 59.2 Å². The van der Waals surface area contributed by atoms with Crippen LogP contribution in [0.5, 0.6) is 28.7 Å². The number of fused-ring (bicyclic) bond motifs is 6. The molecule has 5 aromatic rings. The minimum absolute atomic E-state index is 0.114. The molecule has 0 amide bonds. The highest BCUT2D eigenvalue weighted by Gasteiger charge is 2.31. The number of hydrogen-bond acceptors (Lipinski definition) is 4. The van der Waals surface area contributed by atoms with Gasteiger partial charge in [0.2, 0.25) is 0 Å². The third-order valence-electron chi connectivity index (χ3n) is 12.7. The molecule has 0 aromatic heterocycles. The van der Waals surface area contributed by atoms with Crippen molar-refractivity contribution in [2.75, 3.05) is 0 Å². The largest absolute Gasteiger partial charge is 0.507 e. The Bertz CT molecular complexity index is 2320. The van der Waals surface area contributed by atoms with Crippen molar-refractivity contribution in [3.8, 4) is 28.7 Å². The van der Waals surface area contributed by atoms with E-state index in [2.05, 4.69) is 165 Å². The van der Waals surface area contributed by atoms with Crippen LogP contribution in [-0.4, -0.2) is 15.3 Å². The number of rotatable bonds is 0. The molecule has 59 heavy (non-hydrogen) atoms. The summed E-state index contributed by atoms with van der Waals surface area (Å²) < 4.78 is 7.24. The topological polar surface area (TPSA) is 69.9 Å². The summed E-state index contributed by atoms with van der Waals surface area (Å²) in [5.74, 6) is 2.42. The lowest BCUT2D eigenvalue weighted by Crippen LogP contribution is -2.18. The summed E-state index contributed by atoms with van der Waals surface area (Å²) >= 11 is 0. The van der Waals surface area contributed by atoms with E-state index in [1.807, 2.05) is 0 Å². The molecular weight excluding hydrogens is 725 g/mol. The van der Waals surface area contributed by atoms with Gasteiger partial charge in [0.15, 0.2) is 0 Å². The lowest BCUT2D eigenvalue weighted by molar-refractivity contribution is 0.442. The molecule has 312 valence electrons. The van der Waals surface area contributed by atoms with E-state index in [0.29, 0.717) is 25.7 Å². The first-order valence-electron chi connectivity index (χ1n) is 21.6. The van der Waals surface area contributed by atoms with Gasteiger partial charge in [0.1, 0.15) is 28.7 Å². The molecule has 3 N–H and O–H groups in total. The fraction of sp³-hybridized carbons (Fsp3) is 0.455. The maximum atomic E-state index is 12.4. The second-order valence-corrected chi connectivity index (χ2v) is 22.9. The minimum Gasteiger partial charge on any atom is -0.507 e. The van der Waals surface area contributed by atoms with Crippen LogP contribution in [0.25, 0.3) is 0 Å². The van der Waals surface area contributed by atoms with Gasteiger partial charge in [-0.2, -0.15) is 0 Å². The van der Waals surface area contributed by atoms with Gasteiger partial charge < -0.3 is 20.1 Å². The molecule has 0 spiro atoms. The molecule has 2 heterocycles. The first-order chi connectivity index (χ1) is 27.1. The highest BCUT2D eigenvalue weighted by atomic mass is 16.5. The molecule has 2 aliphatic heterocycles. The van der Waals surface area contributed by atoms with E-state index in [1.54, 1.807) is 0 Å². The van der Waals surface area contributed by atoms with Crippen molar-refractivity contribution in [2.24, 2.45) is 0 Å². The molecule has 4 heteroatoms. The van der Waals surface area contributed by atoms with Crippen LogP contribution in [0.15, 0.2) is 60.7 Å². The van der Waals surface area contributed by atoms with Crippen molar-refractivity contribution in [2.45, 2.75) is 163 Å². The molecule has 8 bridgehead atoms. The summed E-state index contributed by atoms with van der Waals surface area (Å²) in [4.78, 5) is 0. The maximum absolute atomic E-state index is 12.4. The predicted octanol–water partition coefficient (Wildman–Crippen LogP) is 13.7. The van der Waals surface area contributed by atoms with E-state index in [4.69, 9.17) is 4.74 Å². The Balaban J connectivity index is 1.59. The second-order valence-electron chi connectivity index (χ2n) is 22.9. The van der Waals surface area contributed by atoms with Crippen molar-refractivity contribution in [3.05, 3.63) is 144 Å². The maximum Gasteiger partial charge on any atom is 0.134 e. The van der Waals surface area contributed by atoms with Crippen molar-refractivity contribution in [1.29, 1.82) is 0 Å². The molecule has 0 fully saturated rings. The summed E-state index contributed by atoms with van der Waals surface area (Å²) in [6.07, 6.45) is 2.40. The monoisotopic (exact) mass is 793 g/mol. The first-order valence-corrected chi connectivity index (χ1v) is 21.6. The van der Waals surface area contributed by atoms with Crippen LogP contribution >= 0.6 is 0 Å². The average molecular weight is 793 g/mol. The van der Waals surface area contributed by atoms with Crippen LogP contribution in [0.4, 0.5) is 0 Å². The van der Waals surface area contributed by atoms with Gasteiger partial charge in [-0.25, -0.2) is 0 Å². The fourth-order valence-corrected chi connectivity index (χ4v) is 8.68. The molecule has 0 atom stereocenters. The normalized spacial score (nSPS) is 14.7. The van der Waals surface area contributed by atoms with Crippen molar-refractivity contribution in [3.63, 3.8) is 0 Å². The highest BCUT2D eigenvalue weighted by molar-refractivity contribution is 5.63. The molecule has 0 aliphatic carbocycles. The number of aromatic hydroxyl groups is 3. The predicted molar refractivity (Wildman–Crippen MR) is 245 cm³/mol. The van der Waals surface area contributed by atoms with Gasteiger partial charge in [0.25, 0.3) is 0 Å². The number of phenolic OH excluding ortho intramolecular Hbond substituents is 3. The lowest BCUT2D eigenvalue weighted by Gasteiger charge is -2.31. The second kappa shape index (κ2) is 14.2. The summed E-state index contributed by atoms with van der Waals surface area (Å²) in [7, 11) is 0. The average Bonchev–Trinajstić information content (AvgIpc) is 3.09.